The summed E-state index contributed by atoms with van der Waals surface area (Å²) in [5, 5.41) is 7.50. The van der Waals surface area contributed by atoms with Crippen molar-refractivity contribution in [2.75, 3.05) is 5.32 Å². The predicted octanol–water partition coefficient (Wildman–Crippen LogP) is 4.13. The van der Waals surface area contributed by atoms with Gasteiger partial charge in [-0.3, -0.25) is 9.59 Å². The third-order valence-corrected chi connectivity index (χ3v) is 3.96. The first kappa shape index (κ1) is 18.3. The zero-order valence-corrected chi connectivity index (χ0v) is 14.7. The van der Waals surface area contributed by atoms with Crippen LogP contribution < -0.4 is 10.7 Å². The molecule has 0 saturated carbocycles. The van der Waals surface area contributed by atoms with E-state index in [4.69, 9.17) is 34.8 Å². The number of rotatable bonds is 3. The van der Waals surface area contributed by atoms with E-state index in [-0.39, 0.29) is 5.02 Å². The lowest BCUT2D eigenvalue weighted by molar-refractivity contribution is -0.136. The molecule has 0 atom stereocenters. The second-order valence-corrected chi connectivity index (χ2v) is 5.98. The summed E-state index contributed by atoms with van der Waals surface area (Å²) >= 11 is 17.4. The number of nitrogens with one attached hydrogen (secondary N) is 2. The van der Waals surface area contributed by atoms with E-state index < -0.39 is 11.8 Å². The molecule has 0 fully saturated rings. The Morgan fingerprint density at radius 1 is 0.917 bits per heavy atom. The van der Waals surface area contributed by atoms with E-state index in [0.717, 1.165) is 5.56 Å². The highest BCUT2D eigenvalue weighted by atomic mass is 35.5. The van der Waals surface area contributed by atoms with Crippen LogP contribution in [-0.4, -0.2) is 17.5 Å². The van der Waals surface area contributed by atoms with E-state index >= 15 is 0 Å². The molecular weight excluding hydrogens is 373 g/mol. The highest BCUT2D eigenvalue weighted by Gasteiger charge is 2.14. The molecule has 5 nitrogen and oxygen atoms in total. The minimum Gasteiger partial charge on any atom is -0.318 e. The largest absolute Gasteiger partial charge is 0.329 e. The maximum absolute atomic E-state index is 11.8. The van der Waals surface area contributed by atoms with Gasteiger partial charge in [-0.2, -0.15) is 5.10 Å². The first-order chi connectivity index (χ1) is 11.4. The van der Waals surface area contributed by atoms with Crippen molar-refractivity contribution in [1.29, 1.82) is 0 Å². The van der Waals surface area contributed by atoms with Crippen molar-refractivity contribution < 1.29 is 9.59 Å². The summed E-state index contributed by atoms with van der Waals surface area (Å²) in [5.74, 6) is -1.78. The van der Waals surface area contributed by atoms with Gasteiger partial charge in [-0.25, -0.2) is 5.43 Å². The molecule has 124 valence electrons. The topological polar surface area (TPSA) is 70.6 Å². The summed E-state index contributed by atoms with van der Waals surface area (Å²) in [6.07, 6.45) is 0. The van der Waals surface area contributed by atoms with Crippen LogP contribution in [0.15, 0.2) is 47.6 Å². The number of benzene rings is 2. The Kier molecular flexibility index (Phi) is 6.20. The fourth-order valence-corrected chi connectivity index (χ4v) is 2.13. The molecule has 0 aliphatic carbocycles. The SMILES string of the molecule is C/C(=N\NC(=O)C(=O)Nc1ccc(Cl)c(Cl)c1)c1ccc(Cl)cc1. The number of nitrogens with zero attached hydrogens (tertiary/aromatic N) is 1. The summed E-state index contributed by atoms with van der Waals surface area (Å²) in [6, 6.07) is 11.4. The van der Waals surface area contributed by atoms with Crippen LogP contribution in [0.4, 0.5) is 5.69 Å². The van der Waals surface area contributed by atoms with Gasteiger partial charge in [-0.15, -0.1) is 0 Å². The average Bonchev–Trinajstić information content (AvgIpc) is 2.56. The van der Waals surface area contributed by atoms with Crippen LogP contribution in [0, 0.1) is 0 Å². The van der Waals surface area contributed by atoms with E-state index in [2.05, 4.69) is 15.8 Å². The van der Waals surface area contributed by atoms with Crippen LogP contribution in [0.5, 0.6) is 0 Å². The lowest BCUT2D eigenvalue weighted by Crippen LogP contribution is -2.32. The molecule has 2 rings (SSSR count). The molecule has 2 N–H and O–H groups in total. The van der Waals surface area contributed by atoms with Gasteiger partial charge in [0.15, 0.2) is 0 Å². The van der Waals surface area contributed by atoms with Crippen LogP contribution in [0.25, 0.3) is 0 Å². The number of anilines is 1. The van der Waals surface area contributed by atoms with Gasteiger partial charge in [0, 0.05) is 10.7 Å². The second kappa shape index (κ2) is 8.15. The Hall–Kier alpha value is -2.08. The fraction of sp³-hybridized carbons (Fsp3) is 0.0625. The van der Waals surface area contributed by atoms with Crippen molar-refractivity contribution in [1.82, 2.24) is 5.43 Å². The monoisotopic (exact) mass is 383 g/mol. The minimum atomic E-state index is -0.908. The minimum absolute atomic E-state index is 0.270. The molecule has 0 spiro atoms. The van der Waals surface area contributed by atoms with E-state index in [1.165, 1.54) is 18.2 Å². The van der Waals surface area contributed by atoms with Crippen molar-refractivity contribution in [2.45, 2.75) is 6.92 Å². The molecule has 0 radical (unpaired) electrons. The highest BCUT2D eigenvalue weighted by Crippen LogP contribution is 2.24. The molecule has 0 aliphatic heterocycles. The number of hydrazone groups is 1. The molecule has 0 aromatic heterocycles. The van der Waals surface area contributed by atoms with Gasteiger partial charge in [-0.1, -0.05) is 46.9 Å². The summed E-state index contributed by atoms with van der Waals surface area (Å²) in [6.45, 7) is 1.69. The molecule has 2 aromatic rings. The zero-order valence-electron chi connectivity index (χ0n) is 12.4. The molecule has 2 aromatic carbocycles. The van der Waals surface area contributed by atoms with E-state index in [9.17, 15) is 9.59 Å². The third-order valence-electron chi connectivity index (χ3n) is 2.97. The van der Waals surface area contributed by atoms with E-state index in [0.29, 0.717) is 21.4 Å². The number of halogens is 3. The Balaban J connectivity index is 1.98. The van der Waals surface area contributed by atoms with Crippen molar-refractivity contribution in [3.05, 3.63) is 63.1 Å². The summed E-state index contributed by atoms with van der Waals surface area (Å²) < 4.78 is 0. The maximum atomic E-state index is 11.8. The Morgan fingerprint density at radius 2 is 1.58 bits per heavy atom. The number of carbonyl (C=O) groups is 2. The van der Waals surface area contributed by atoms with Gasteiger partial charge in [-0.05, 0) is 42.8 Å². The summed E-state index contributed by atoms with van der Waals surface area (Å²) in [5.41, 5.74) is 3.83. The second-order valence-electron chi connectivity index (χ2n) is 4.73. The Morgan fingerprint density at radius 3 is 2.21 bits per heavy atom. The van der Waals surface area contributed by atoms with Crippen LogP contribution >= 0.6 is 34.8 Å². The van der Waals surface area contributed by atoms with Gasteiger partial charge in [0.25, 0.3) is 0 Å². The lowest BCUT2D eigenvalue weighted by atomic mass is 10.1. The molecule has 24 heavy (non-hydrogen) atoms. The van der Waals surface area contributed by atoms with Crippen molar-refractivity contribution in [3.8, 4) is 0 Å². The summed E-state index contributed by atoms with van der Waals surface area (Å²) in [7, 11) is 0. The maximum Gasteiger partial charge on any atom is 0.329 e. The number of hydrogen-bond donors (Lipinski definition) is 2. The van der Waals surface area contributed by atoms with Crippen LogP contribution in [0.2, 0.25) is 15.1 Å². The average molecular weight is 385 g/mol. The molecule has 0 saturated heterocycles. The van der Waals surface area contributed by atoms with Crippen LogP contribution in [-0.2, 0) is 9.59 Å². The first-order valence-electron chi connectivity index (χ1n) is 6.73. The van der Waals surface area contributed by atoms with Crippen LogP contribution in [0.1, 0.15) is 12.5 Å². The molecule has 8 heteroatoms. The fourth-order valence-electron chi connectivity index (χ4n) is 1.70. The molecule has 2 amide bonds. The predicted molar refractivity (Wildman–Crippen MR) is 96.9 cm³/mol. The quantitative estimate of drug-likeness (QED) is 0.474. The molecule has 0 aliphatic rings. The Labute approximate surface area is 153 Å². The normalized spacial score (nSPS) is 11.1. The third kappa shape index (κ3) is 4.96. The molecule has 0 unspecified atom stereocenters. The molecule has 0 bridgehead atoms. The smallest absolute Gasteiger partial charge is 0.318 e. The lowest BCUT2D eigenvalue weighted by Gasteiger charge is -2.06. The van der Waals surface area contributed by atoms with Gasteiger partial charge < -0.3 is 5.32 Å². The summed E-state index contributed by atoms with van der Waals surface area (Å²) in [4.78, 5) is 23.6. The van der Waals surface area contributed by atoms with E-state index in [1.54, 1.807) is 31.2 Å². The van der Waals surface area contributed by atoms with Crippen molar-refractivity contribution in [2.24, 2.45) is 5.10 Å². The number of carbonyl (C=O) groups excluding carboxylic acids is 2. The van der Waals surface area contributed by atoms with Gasteiger partial charge >= 0.3 is 11.8 Å². The highest BCUT2D eigenvalue weighted by molar-refractivity contribution is 6.43. The van der Waals surface area contributed by atoms with Crippen molar-refractivity contribution in [3.63, 3.8) is 0 Å². The zero-order chi connectivity index (χ0) is 17.7. The molecule has 0 heterocycles. The molecular formula is C16H12Cl3N3O2. The Bertz CT molecular complexity index is 805. The standard InChI is InChI=1S/C16H12Cl3N3O2/c1-9(10-2-4-11(17)5-3-10)21-22-16(24)15(23)20-12-6-7-13(18)14(19)8-12/h2-8H,1H3,(H,20,23)(H,22,24)/b21-9+. The number of amides is 2. The van der Waals surface area contributed by atoms with Crippen molar-refractivity contribution >= 4 is 58.0 Å². The first-order valence-corrected chi connectivity index (χ1v) is 7.87. The van der Waals surface area contributed by atoms with Gasteiger partial charge in [0.1, 0.15) is 0 Å². The van der Waals surface area contributed by atoms with Gasteiger partial charge in [0.2, 0.25) is 0 Å². The van der Waals surface area contributed by atoms with Gasteiger partial charge in [0.05, 0.1) is 15.8 Å². The van der Waals surface area contributed by atoms with E-state index in [1.807, 2.05) is 0 Å². The number of hydrogen-bond acceptors (Lipinski definition) is 3. The van der Waals surface area contributed by atoms with Crippen LogP contribution in [0.3, 0.4) is 0 Å².